The fourth-order valence-corrected chi connectivity index (χ4v) is 2.14. The van der Waals surface area contributed by atoms with Gasteiger partial charge in [0.1, 0.15) is 22.6 Å². The van der Waals surface area contributed by atoms with Crippen molar-refractivity contribution in [3.63, 3.8) is 0 Å². The maximum atomic E-state index is 8.31. The Balaban J connectivity index is 2.54. The summed E-state index contributed by atoms with van der Waals surface area (Å²) in [6.45, 7) is 0. The van der Waals surface area contributed by atoms with Crippen molar-refractivity contribution in [1.82, 2.24) is 9.38 Å². The Labute approximate surface area is 109 Å². The number of benzene rings is 1. The van der Waals surface area contributed by atoms with Crippen molar-refractivity contribution in [1.29, 1.82) is 5.41 Å². The summed E-state index contributed by atoms with van der Waals surface area (Å²) < 4.78 is 12.3. The molecule has 0 saturated heterocycles. The van der Waals surface area contributed by atoms with Crippen LogP contribution in [0.1, 0.15) is 0 Å². The third kappa shape index (κ3) is 1.71. The number of methoxy groups -OCH3 is 2. The van der Waals surface area contributed by atoms with Gasteiger partial charge in [-0.1, -0.05) is 6.07 Å². The van der Waals surface area contributed by atoms with Gasteiger partial charge in [0.15, 0.2) is 0 Å². The molecule has 2 aromatic heterocycles. The van der Waals surface area contributed by atoms with E-state index in [0.29, 0.717) is 27.9 Å². The molecule has 0 aliphatic heterocycles. The number of aromatic nitrogens is 2. The quantitative estimate of drug-likeness (QED) is 0.712. The minimum absolute atomic E-state index is 0.347. The van der Waals surface area contributed by atoms with Gasteiger partial charge in [0.25, 0.3) is 0 Å². The van der Waals surface area contributed by atoms with E-state index in [4.69, 9.17) is 14.9 Å². The Morgan fingerprint density at radius 2 is 2.00 bits per heavy atom. The summed E-state index contributed by atoms with van der Waals surface area (Å²) in [6, 6.07) is 9.20. The predicted octanol–water partition coefficient (Wildman–Crippen LogP) is 1.98. The molecule has 1 aromatic carbocycles. The van der Waals surface area contributed by atoms with Crippen molar-refractivity contribution in [3.05, 3.63) is 42.0 Å². The predicted molar refractivity (Wildman–Crippen MR) is 71.7 cm³/mol. The van der Waals surface area contributed by atoms with Crippen molar-refractivity contribution in [2.75, 3.05) is 14.2 Å². The molecule has 0 unspecified atom stereocenters. The number of fused-ring (bicyclic) bond motifs is 2. The summed E-state index contributed by atoms with van der Waals surface area (Å²) in [5.74, 6) is 1.25. The van der Waals surface area contributed by atoms with Crippen molar-refractivity contribution in [2.24, 2.45) is 0 Å². The van der Waals surface area contributed by atoms with Gasteiger partial charge >= 0.3 is 0 Å². The Hall–Kier alpha value is -2.56. The molecule has 3 rings (SSSR count). The fourth-order valence-electron chi connectivity index (χ4n) is 2.14. The number of nitrogens with one attached hydrogen (secondary N) is 1. The lowest BCUT2D eigenvalue weighted by Gasteiger charge is -2.10. The maximum Gasteiger partial charge on any atom is 0.143 e. The van der Waals surface area contributed by atoms with Gasteiger partial charge in [-0.25, -0.2) is 4.98 Å². The molecule has 0 saturated carbocycles. The van der Waals surface area contributed by atoms with E-state index < -0.39 is 0 Å². The van der Waals surface area contributed by atoms with Crippen LogP contribution in [0.2, 0.25) is 0 Å². The number of ether oxygens (including phenoxy) is 2. The number of rotatable bonds is 2. The highest BCUT2D eigenvalue weighted by Crippen LogP contribution is 2.27. The molecule has 0 radical (unpaired) electrons. The van der Waals surface area contributed by atoms with Crippen molar-refractivity contribution < 1.29 is 9.47 Å². The molecule has 0 atom stereocenters. The van der Waals surface area contributed by atoms with Crippen LogP contribution in [0.15, 0.2) is 36.5 Å². The van der Waals surface area contributed by atoms with Crippen LogP contribution in [-0.2, 0) is 0 Å². The lowest BCUT2D eigenvalue weighted by atomic mass is 10.2. The smallest absolute Gasteiger partial charge is 0.143 e. The minimum atomic E-state index is 0.347. The number of pyridine rings is 1. The first-order chi connectivity index (χ1) is 9.24. The van der Waals surface area contributed by atoms with E-state index in [1.54, 1.807) is 24.7 Å². The molecule has 96 valence electrons. The average Bonchev–Trinajstić information content (AvgIpc) is 2.46. The fraction of sp³-hybridized carbons (Fsp3) is 0.143. The van der Waals surface area contributed by atoms with Gasteiger partial charge in [0.2, 0.25) is 0 Å². The van der Waals surface area contributed by atoms with E-state index in [1.807, 2.05) is 30.5 Å². The van der Waals surface area contributed by atoms with E-state index in [2.05, 4.69) is 4.98 Å². The van der Waals surface area contributed by atoms with Gasteiger partial charge < -0.3 is 9.47 Å². The Morgan fingerprint density at radius 3 is 2.74 bits per heavy atom. The molecular formula is C14H13N3O2. The lowest BCUT2D eigenvalue weighted by molar-refractivity contribution is 0.397. The number of hydrogen-bond acceptors (Lipinski definition) is 4. The molecule has 5 nitrogen and oxygen atoms in total. The van der Waals surface area contributed by atoms with Crippen LogP contribution < -0.4 is 15.0 Å². The van der Waals surface area contributed by atoms with Gasteiger partial charge in [-0.15, -0.1) is 0 Å². The molecule has 0 fully saturated rings. The Bertz CT molecular complexity index is 824. The summed E-state index contributed by atoms with van der Waals surface area (Å²) in [5.41, 5.74) is 1.75. The van der Waals surface area contributed by atoms with Crippen LogP contribution in [0.4, 0.5) is 0 Å². The largest absolute Gasteiger partial charge is 0.497 e. The molecule has 0 amide bonds. The van der Waals surface area contributed by atoms with Gasteiger partial charge in [-0.2, -0.15) is 0 Å². The summed E-state index contributed by atoms with van der Waals surface area (Å²) in [4.78, 5) is 4.54. The summed E-state index contributed by atoms with van der Waals surface area (Å²) >= 11 is 0. The highest BCUT2D eigenvalue weighted by atomic mass is 16.5. The molecule has 19 heavy (non-hydrogen) atoms. The number of nitrogens with zero attached hydrogens (tertiary/aromatic N) is 2. The molecule has 2 heterocycles. The van der Waals surface area contributed by atoms with Gasteiger partial charge in [-0.3, -0.25) is 9.81 Å². The SMILES string of the molecule is COc1cc(OC)c2c(=N)n3ccccc3nc2c1. The standard InChI is InChI=1S/C14H13N3O2/c1-18-9-7-10-13(11(8-9)19-2)14(15)17-6-4-3-5-12(17)16-10/h3-8,15H,1-2H3. The van der Waals surface area contributed by atoms with Crippen LogP contribution in [0.25, 0.3) is 16.6 Å². The van der Waals surface area contributed by atoms with E-state index in [9.17, 15) is 0 Å². The van der Waals surface area contributed by atoms with Crippen LogP contribution in [0.5, 0.6) is 11.5 Å². The second kappa shape index (κ2) is 4.28. The molecule has 5 heteroatoms. The Morgan fingerprint density at radius 1 is 1.16 bits per heavy atom. The highest BCUT2D eigenvalue weighted by molar-refractivity contribution is 5.87. The zero-order valence-corrected chi connectivity index (χ0v) is 10.7. The van der Waals surface area contributed by atoms with Crippen LogP contribution in [0, 0.1) is 5.41 Å². The Kier molecular flexibility index (Phi) is 2.59. The van der Waals surface area contributed by atoms with Crippen LogP contribution in [0.3, 0.4) is 0 Å². The van der Waals surface area contributed by atoms with E-state index in [1.165, 1.54) is 0 Å². The summed E-state index contributed by atoms with van der Waals surface area (Å²) in [5, 5.41) is 8.98. The maximum absolute atomic E-state index is 8.31. The van der Waals surface area contributed by atoms with Crippen molar-refractivity contribution >= 4 is 16.6 Å². The summed E-state index contributed by atoms with van der Waals surface area (Å²) in [7, 11) is 3.17. The first-order valence-electron chi connectivity index (χ1n) is 5.82. The molecule has 0 aliphatic carbocycles. The van der Waals surface area contributed by atoms with Crippen LogP contribution >= 0.6 is 0 Å². The zero-order chi connectivity index (χ0) is 13.4. The first kappa shape index (κ1) is 11.5. The van der Waals surface area contributed by atoms with E-state index in [-0.39, 0.29) is 0 Å². The van der Waals surface area contributed by atoms with Gasteiger partial charge in [-0.05, 0) is 12.1 Å². The number of hydrogen-bond donors (Lipinski definition) is 1. The summed E-state index contributed by atoms with van der Waals surface area (Å²) in [6.07, 6.45) is 1.81. The van der Waals surface area contributed by atoms with Crippen LogP contribution in [-0.4, -0.2) is 23.6 Å². The monoisotopic (exact) mass is 255 g/mol. The molecule has 1 N–H and O–H groups in total. The minimum Gasteiger partial charge on any atom is -0.497 e. The third-order valence-electron chi connectivity index (χ3n) is 3.06. The highest BCUT2D eigenvalue weighted by Gasteiger charge is 2.10. The second-order valence-electron chi connectivity index (χ2n) is 4.11. The normalized spacial score (nSPS) is 10.8. The van der Waals surface area contributed by atoms with Gasteiger partial charge in [0.05, 0.1) is 25.1 Å². The molecule has 0 spiro atoms. The van der Waals surface area contributed by atoms with Gasteiger partial charge in [0, 0.05) is 18.3 Å². The van der Waals surface area contributed by atoms with Crippen molar-refractivity contribution in [2.45, 2.75) is 0 Å². The van der Waals surface area contributed by atoms with E-state index in [0.717, 1.165) is 5.65 Å². The zero-order valence-electron chi connectivity index (χ0n) is 10.7. The topological polar surface area (TPSA) is 59.6 Å². The first-order valence-corrected chi connectivity index (χ1v) is 5.82. The van der Waals surface area contributed by atoms with Crippen molar-refractivity contribution in [3.8, 4) is 11.5 Å². The average molecular weight is 255 g/mol. The second-order valence-corrected chi connectivity index (χ2v) is 4.11. The van der Waals surface area contributed by atoms with E-state index >= 15 is 0 Å². The molecule has 3 aromatic rings. The molecular weight excluding hydrogens is 242 g/mol. The lowest BCUT2D eigenvalue weighted by Crippen LogP contribution is -2.16. The molecule has 0 bridgehead atoms. The third-order valence-corrected chi connectivity index (χ3v) is 3.06. The molecule has 0 aliphatic rings.